The van der Waals surface area contributed by atoms with Crippen molar-refractivity contribution in [3.05, 3.63) is 29.8 Å². The Balaban J connectivity index is 2.09. The monoisotopic (exact) mass is 370 g/mol. The third-order valence-electron chi connectivity index (χ3n) is 3.91. The maximum absolute atomic E-state index is 12.3. The minimum Gasteiger partial charge on any atom is -0.382 e. The van der Waals surface area contributed by atoms with E-state index in [-0.39, 0.29) is 23.6 Å². The molecule has 0 aliphatic carbocycles. The quantitative estimate of drug-likeness (QED) is 0.709. The van der Waals surface area contributed by atoms with Crippen molar-refractivity contribution in [3.63, 3.8) is 0 Å². The fourth-order valence-corrected chi connectivity index (χ4v) is 3.15. The Morgan fingerprint density at radius 2 is 2.20 bits per heavy atom. The van der Waals surface area contributed by atoms with Crippen molar-refractivity contribution in [3.8, 4) is 5.75 Å². The first kappa shape index (κ1) is 19.5. The lowest BCUT2D eigenvalue weighted by Crippen LogP contribution is -2.43. The van der Waals surface area contributed by atoms with Gasteiger partial charge in [-0.25, -0.2) is 4.79 Å². The maximum atomic E-state index is 12.3. The van der Waals surface area contributed by atoms with Crippen LogP contribution in [0.15, 0.2) is 24.3 Å². The van der Waals surface area contributed by atoms with Crippen LogP contribution in [-0.4, -0.2) is 50.9 Å². The molecular formula is C17H26N2O5S. The van der Waals surface area contributed by atoms with Crippen molar-refractivity contribution >= 4 is 16.1 Å². The SMILES string of the molecule is CCNC(=O)N(Cc1cccc(OS(=O)(=O)CC)c1)C[C@@H]1CCCO1. The average Bonchev–Trinajstić information content (AvgIpc) is 3.07. The van der Waals surface area contributed by atoms with Crippen LogP contribution in [0.4, 0.5) is 4.79 Å². The fraction of sp³-hybridized carbons (Fsp3) is 0.588. The van der Waals surface area contributed by atoms with Crippen molar-refractivity contribution in [2.24, 2.45) is 0 Å². The summed E-state index contributed by atoms with van der Waals surface area (Å²) >= 11 is 0. The second-order valence-electron chi connectivity index (χ2n) is 5.93. The van der Waals surface area contributed by atoms with Crippen LogP contribution >= 0.6 is 0 Å². The minimum atomic E-state index is -3.57. The van der Waals surface area contributed by atoms with Gasteiger partial charge in [0, 0.05) is 26.2 Å². The normalized spacial score (nSPS) is 17.3. The molecule has 1 heterocycles. The van der Waals surface area contributed by atoms with E-state index in [1.807, 2.05) is 13.0 Å². The van der Waals surface area contributed by atoms with E-state index < -0.39 is 10.1 Å². The third kappa shape index (κ3) is 6.21. The number of amides is 2. The second kappa shape index (κ2) is 9.05. The highest BCUT2D eigenvalue weighted by atomic mass is 32.2. The molecule has 0 spiro atoms. The zero-order valence-electron chi connectivity index (χ0n) is 14.7. The summed E-state index contributed by atoms with van der Waals surface area (Å²) in [7, 11) is -3.57. The van der Waals surface area contributed by atoms with E-state index >= 15 is 0 Å². The predicted molar refractivity (Wildman–Crippen MR) is 95.0 cm³/mol. The second-order valence-corrected chi connectivity index (χ2v) is 7.79. The van der Waals surface area contributed by atoms with Crippen LogP contribution in [-0.2, 0) is 21.4 Å². The number of nitrogens with one attached hydrogen (secondary N) is 1. The summed E-state index contributed by atoms with van der Waals surface area (Å²) < 4.78 is 33.9. The molecule has 1 aromatic carbocycles. The topological polar surface area (TPSA) is 84.9 Å². The molecule has 0 saturated carbocycles. The highest BCUT2D eigenvalue weighted by Crippen LogP contribution is 2.19. The number of benzene rings is 1. The molecule has 7 nitrogen and oxygen atoms in total. The average molecular weight is 370 g/mol. The van der Waals surface area contributed by atoms with Gasteiger partial charge in [0.05, 0.1) is 11.9 Å². The number of carbonyl (C=O) groups excluding carboxylic acids is 1. The van der Waals surface area contributed by atoms with E-state index in [0.717, 1.165) is 25.0 Å². The van der Waals surface area contributed by atoms with Gasteiger partial charge in [0.15, 0.2) is 0 Å². The summed E-state index contributed by atoms with van der Waals surface area (Å²) in [6.45, 7) is 5.52. The zero-order chi connectivity index (χ0) is 18.3. The Morgan fingerprint density at radius 3 is 2.84 bits per heavy atom. The van der Waals surface area contributed by atoms with Crippen LogP contribution in [0.5, 0.6) is 5.75 Å². The molecule has 25 heavy (non-hydrogen) atoms. The van der Waals surface area contributed by atoms with E-state index in [4.69, 9.17) is 8.92 Å². The van der Waals surface area contributed by atoms with Gasteiger partial charge in [-0.3, -0.25) is 0 Å². The van der Waals surface area contributed by atoms with Crippen LogP contribution < -0.4 is 9.50 Å². The summed E-state index contributed by atoms with van der Waals surface area (Å²) in [6, 6.07) is 6.64. The highest BCUT2D eigenvalue weighted by Gasteiger charge is 2.22. The van der Waals surface area contributed by atoms with E-state index in [0.29, 0.717) is 19.6 Å². The molecule has 1 fully saturated rings. The van der Waals surface area contributed by atoms with Crippen LogP contribution in [0.1, 0.15) is 32.3 Å². The molecule has 0 radical (unpaired) electrons. The summed E-state index contributed by atoms with van der Waals surface area (Å²) in [4.78, 5) is 14.0. The van der Waals surface area contributed by atoms with Gasteiger partial charge in [-0.1, -0.05) is 12.1 Å². The Morgan fingerprint density at radius 1 is 1.40 bits per heavy atom. The molecule has 0 unspecified atom stereocenters. The summed E-state index contributed by atoms with van der Waals surface area (Å²) in [5, 5.41) is 2.81. The number of nitrogens with zero attached hydrogens (tertiary/aromatic N) is 1. The molecule has 1 saturated heterocycles. The number of hydrogen-bond acceptors (Lipinski definition) is 5. The van der Waals surface area contributed by atoms with Crippen LogP contribution in [0.25, 0.3) is 0 Å². The molecule has 2 rings (SSSR count). The first-order chi connectivity index (χ1) is 11.9. The molecule has 0 bridgehead atoms. The first-order valence-electron chi connectivity index (χ1n) is 8.59. The van der Waals surface area contributed by atoms with Gasteiger partial charge < -0.3 is 19.1 Å². The van der Waals surface area contributed by atoms with Gasteiger partial charge >= 0.3 is 16.1 Å². The molecule has 8 heteroatoms. The Bertz CT molecular complexity index is 671. The van der Waals surface area contributed by atoms with E-state index in [1.54, 1.807) is 23.1 Å². The van der Waals surface area contributed by atoms with Crippen molar-refractivity contribution in [1.29, 1.82) is 0 Å². The van der Waals surface area contributed by atoms with Gasteiger partial charge in [-0.2, -0.15) is 8.42 Å². The van der Waals surface area contributed by atoms with Gasteiger partial charge in [-0.15, -0.1) is 0 Å². The van der Waals surface area contributed by atoms with E-state index in [2.05, 4.69) is 5.32 Å². The minimum absolute atomic E-state index is 0.0440. The van der Waals surface area contributed by atoms with Crippen molar-refractivity contribution in [2.45, 2.75) is 39.3 Å². The Kier molecular flexibility index (Phi) is 7.07. The molecule has 2 amide bonds. The lowest BCUT2D eigenvalue weighted by Gasteiger charge is -2.25. The number of ether oxygens (including phenoxy) is 1. The van der Waals surface area contributed by atoms with Gasteiger partial charge in [-0.05, 0) is 44.4 Å². The number of carbonyl (C=O) groups is 1. The van der Waals surface area contributed by atoms with Crippen molar-refractivity contribution in [1.82, 2.24) is 10.2 Å². The van der Waals surface area contributed by atoms with Gasteiger partial charge in [0.1, 0.15) is 5.75 Å². The first-order valence-corrected chi connectivity index (χ1v) is 10.2. The summed E-state index contributed by atoms with van der Waals surface area (Å²) in [6.07, 6.45) is 1.99. The van der Waals surface area contributed by atoms with Crippen molar-refractivity contribution < 1.29 is 22.1 Å². The molecule has 1 aromatic rings. The van der Waals surface area contributed by atoms with E-state index in [9.17, 15) is 13.2 Å². The number of hydrogen-bond donors (Lipinski definition) is 1. The zero-order valence-corrected chi connectivity index (χ0v) is 15.5. The molecule has 140 valence electrons. The summed E-state index contributed by atoms with van der Waals surface area (Å²) in [5.41, 5.74) is 0.799. The standard InChI is InChI=1S/C17H26N2O5S/c1-3-18-17(20)19(13-16-9-6-10-23-16)12-14-7-5-8-15(11-14)24-25(21,22)4-2/h5,7-8,11,16H,3-4,6,9-10,12-13H2,1-2H3,(H,18,20)/t16-/m0/s1. The Hall–Kier alpha value is -1.80. The number of rotatable bonds is 8. The fourth-order valence-electron chi connectivity index (χ4n) is 2.64. The van der Waals surface area contributed by atoms with Crippen LogP contribution in [0.3, 0.4) is 0 Å². The van der Waals surface area contributed by atoms with Gasteiger partial charge in [0.2, 0.25) is 0 Å². The summed E-state index contributed by atoms with van der Waals surface area (Å²) in [5.74, 6) is 0.161. The molecule has 1 atom stereocenters. The highest BCUT2D eigenvalue weighted by molar-refractivity contribution is 7.87. The Labute approximate surface area is 149 Å². The molecule has 1 N–H and O–H groups in total. The lowest BCUT2D eigenvalue weighted by molar-refractivity contribution is 0.0796. The smallest absolute Gasteiger partial charge is 0.317 e. The lowest BCUT2D eigenvalue weighted by atomic mass is 10.2. The third-order valence-corrected chi connectivity index (χ3v) is 5.07. The van der Waals surface area contributed by atoms with Crippen LogP contribution in [0, 0.1) is 0 Å². The maximum Gasteiger partial charge on any atom is 0.317 e. The number of urea groups is 1. The van der Waals surface area contributed by atoms with Gasteiger partial charge in [0.25, 0.3) is 0 Å². The largest absolute Gasteiger partial charge is 0.382 e. The van der Waals surface area contributed by atoms with Crippen LogP contribution in [0.2, 0.25) is 0 Å². The molecular weight excluding hydrogens is 344 g/mol. The molecule has 1 aliphatic rings. The molecule has 0 aromatic heterocycles. The molecule has 1 aliphatic heterocycles. The van der Waals surface area contributed by atoms with E-state index in [1.165, 1.54) is 6.92 Å². The van der Waals surface area contributed by atoms with Crippen molar-refractivity contribution in [2.75, 3.05) is 25.4 Å². The predicted octanol–water partition coefficient (Wildman–Crippen LogP) is 2.13.